The average Bonchev–Trinajstić information content (AvgIpc) is 2.90. The Balaban J connectivity index is 1.74. The fourth-order valence-corrected chi connectivity index (χ4v) is 2.87. The molecular formula is C16H31NO2. The van der Waals surface area contributed by atoms with Crippen LogP contribution in [0, 0.1) is 5.92 Å². The summed E-state index contributed by atoms with van der Waals surface area (Å²) in [5.41, 5.74) is 0. The van der Waals surface area contributed by atoms with Crippen LogP contribution in [-0.2, 0) is 9.53 Å². The summed E-state index contributed by atoms with van der Waals surface area (Å²) >= 11 is 0. The van der Waals surface area contributed by atoms with Gasteiger partial charge in [0.2, 0.25) is 0 Å². The second-order valence-corrected chi connectivity index (χ2v) is 5.66. The van der Waals surface area contributed by atoms with Crippen LogP contribution >= 0.6 is 0 Å². The first-order chi connectivity index (χ1) is 9.33. The maximum absolute atomic E-state index is 11.1. The first kappa shape index (κ1) is 16.5. The van der Waals surface area contributed by atoms with Crippen LogP contribution in [0.5, 0.6) is 0 Å². The van der Waals surface area contributed by atoms with E-state index in [4.69, 9.17) is 4.74 Å². The molecular weight excluding hydrogens is 238 g/mol. The summed E-state index contributed by atoms with van der Waals surface area (Å²) in [6.07, 6.45) is 12.4. The maximum Gasteiger partial charge on any atom is 0.305 e. The van der Waals surface area contributed by atoms with Crippen LogP contribution in [0.2, 0.25) is 0 Å². The average molecular weight is 269 g/mol. The molecule has 3 heteroatoms. The molecule has 0 aromatic heterocycles. The topological polar surface area (TPSA) is 38.3 Å². The van der Waals surface area contributed by atoms with Crippen molar-refractivity contribution < 1.29 is 9.53 Å². The van der Waals surface area contributed by atoms with Gasteiger partial charge in [0.05, 0.1) is 6.61 Å². The zero-order valence-corrected chi connectivity index (χ0v) is 12.6. The van der Waals surface area contributed by atoms with Crippen molar-refractivity contribution in [1.29, 1.82) is 0 Å². The van der Waals surface area contributed by atoms with Gasteiger partial charge in [-0.25, -0.2) is 0 Å². The van der Waals surface area contributed by atoms with E-state index in [0.29, 0.717) is 13.0 Å². The van der Waals surface area contributed by atoms with Crippen molar-refractivity contribution in [3.8, 4) is 0 Å². The third-order valence-corrected chi connectivity index (χ3v) is 3.98. The number of ether oxygens (including phenoxy) is 1. The van der Waals surface area contributed by atoms with Crippen LogP contribution in [-0.4, -0.2) is 25.7 Å². The van der Waals surface area contributed by atoms with Crippen LogP contribution in [0.15, 0.2) is 0 Å². The Kier molecular flexibility index (Phi) is 9.78. The van der Waals surface area contributed by atoms with Gasteiger partial charge in [0.25, 0.3) is 0 Å². The first-order valence-electron chi connectivity index (χ1n) is 8.19. The number of carbonyl (C=O) groups excluding carboxylic acids is 1. The van der Waals surface area contributed by atoms with Crippen LogP contribution in [0.25, 0.3) is 0 Å². The fraction of sp³-hybridized carbons (Fsp3) is 0.938. The highest BCUT2D eigenvalue weighted by atomic mass is 16.5. The third-order valence-electron chi connectivity index (χ3n) is 3.98. The highest BCUT2D eigenvalue weighted by molar-refractivity contribution is 5.69. The Morgan fingerprint density at radius 3 is 2.58 bits per heavy atom. The largest absolute Gasteiger partial charge is 0.466 e. The van der Waals surface area contributed by atoms with Gasteiger partial charge in [0.15, 0.2) is 0 Å². The molecule has 1 fully saturated rings. The molecule has 0 aromatic carbocycles. The summed E-state index contributed by atoms with van der Waals surface area (Å²) in [5.74, 6) is 0.971. The molecule has 3 nitrogen and oxygen atoms in total. The van der Waals surface area contributed by atoms with Crippen molar-refractivity contribution in [3.63, 3.8) is 0 Å². The highest BCUT2D eigenvalue weighted by Gasteiger charge is 2.13. The molecule has 19 heavy (non-hydrogen) atoms. The Hall–Kier alpha value is -0.570. The number of nitrogens with one attached hydrogen (secondary N) is 1. The number of hydrogen-bond acceptors (Lipinski definition) is 3. The first-order valence-corrected chi connectivity index (χ1v) is 8.19. The van der Waals surface area contributed by atoms with E-state index in [0.717, 1.165) is 31.8 Å². The molecule has 0 radical (unpaired) electrons. The van der Waals surface area contributed by atoms with Gasteiger partial charge >= 0.3 is 5.97 Å². The molecule has 0 aliphatic heterocycles. The number of carbonyl (C=O) groups is 1. The minimum atomic E-state index is -0.0491. The van der Waals surface area contributed by atoms with Crippen molar-refractivity contribution in [3.05, 3.63) is 0 Å². The normalized spacial score (nSPS) is 15.8. The number of hydrogen-bond donors (Lipinski definition) is 1. The van der Waals surface area contributed by atoms with Gasteiger partial charge < -0.3 is 10.1 Å². The zero-order chi connectivity index (χ0) is 13.8. The molecule has 0 aromatic rings. The van der Waals surface area contributed by atoms with E-state index in [1.54, 1.807) is 0 Å². The van der Waals surface area contributed by atoms with Gasteiger partial charge in [0, 0.05) is 6.42 Å². The smallest absolute Gasteiger partial charge is 0.305 e. The van der Waals surface area contributed by atoms with Crippen LogP contribution in [0.4, 0.5) is 0 Å². The Morgan fingerprint density at radius 1 is 1.11 bits per heavy atom. The minimum absolute atomic E-state index is 0.0491. The second-order valence-electron chi connectivity index (χ2n) is 5.66. The standard InChI is InChI=1S/C16H31NO2/c1-2-19-16(18)12-4-3-7-13-17-14-8-11-15-9-5-6-10-15/h15,17H,2-14H2,1H3. The van der Waals surface area contributed by atoms with Gasteiger partial charge in [-0.15, -0.1) is 0 Å². The van der Waals surface area contributed by atoms with E-state index in [9.17, 15) is 4.79 Å². The lowest BCUT2D eigenvalue weighted by molar-refractivity contribution is -0.143. The van der Waals surface area contributed by atoms with Crippen molar-refractivity contribution >= 4 is 5.97 Å². The molecule has 1 aliphatic rings. The maximum atomic E-state index is 11.1. The van der Waals surface area contributed by atoms with E-state index < -0.39 is 0 Å². The van der Waals surface area contributed by atoms with Gasteiger partial charge in [-0.2, -0.15) is 0 Å². The Labute approximate surface area is 118 Å². The summed E-state index contributed by atoms with van der Waals surface area (Å²) in [5, 5.41) is 3.51. The lowest BCUT2D eigenvalue weighted by atomic mass is 10.0. The predicted molar refractivity (Wildman–Crippen MR) is 79.2 cm³/mol. The molecule has 0 unspecified atom stereocenters. The lowest BCUT2D eigenvalue weighted by Gasteiger charge is -2.09. The number of unbranched alkanes of at least 4 members (excludes halogenated alkanes) is 2. The molecule has 1 saturated carbocycles. The molecule has 0 spiro atoms. The molecule has 112 valence electrons. The monoisotopic (exact) mass is 269 g/mol. The molecule has 0 saturated heterocycles. The summed E-state index contributed by atoms with van der Waals surface area (Å²) in [4.78, 5) is 11.1. The van der Waals surface area contributed by atoms with Crippen LogP contribution < -0.4 is 5.32 Å². The summed E-state index contributed by atoms with van der Waals surface area (Å²) in [6.45, 7) is 4.61. The van der Waals surface area contributed by atoms with E-state index in [-0.39, 0.29) is 5.97 Å². The predicted octanol–water partition coefficient (Wildman–Crippen LogP) is 3.67. The molecule has 1 aliphatic carbocycles. The van der Waals surface area contributed by atoms with Crippen LogP contribution in [0.1, 0.15) is 71.1 Å². The van der Waals surface area contributed by atoms with Crippen molar-refractivity contribution in [2.24, 2.45) is 5.92 Å². The molecule has 1 N–H and O–H groups in total. The number of rotatable bonds is 11. The third kappa shape index (κ3) is 9.04. The van der Waals surface area contributed by atoms with E-state index in [2.05, 4.69) is 5.32 Å². The SMILES string of the molecule is CCOC(=O)CCCCCNCCCC1CCCC1. The van der Waals surface area contributed by atoms with E-state index >= 15 is 0 Å². The summed E-state index contributed by atoms with van der Waals surface area (Å²) in [6, 6.07) is 0. The van der Waals surface area contributed by atoms with Crippen molar-refractivity contribution in [2.75, 3.05) is 19.7 Å². The van der Waals surface area contributed by atoms with Crippen molar-refractivity contribution in [1.82, 2.24) is 5.32 Å². The quantitative estimate of drug-likeness (QED) is 0.459. The molecule has 0 bridgehead atoms. The lowest BCUT2D eigenvalue weighted by Crippen LogP contribution is -2.17. The Morgan fingerprint density at radius 2 is 1.84 bits per heavy atom. The van der Waals surface area contributed by atoms with Gasteiger partial charge in [-0.05, 0) is 51.6 Å². The van der Waals surface area contributed by atoms with E-state index in [1.807, 2.05) is 6.92 Å². The van der Waals surface area contributed by atoms with E-state index in [1.165, 1.54) is 44.9 Å². The van der Waals surface area contributed by atoms with Crippen molar-refractivity contribution in [2.45, 2.75) is 71.1 Å². The fourth-order valence-electron chi connectivity index (χ4n) is 2.87. The minimum Gasteiger partial charge on any atom is -0.466 e. The van der Waals surface area contributed by atoms with Crippen LogP contribution in [0.3, 0.4) is 0 Å². The number of esters is 1. The summed E-state index contributed by atoms with van der Waals surface area (Å²) < 4.78 is 4.90. The molecule has 0 heterocycles. The van der Waals surface area contributed by atoms with Gasteiger partial charge in [-0.1, -0.05) is 32.1 Å². The molecule has 0 amide bonds. The summed E-state index contributed by atoms with van der Waals surface area (Å²) in [7, 11) is 0. The van der Waals surface area contributed by atoms with Gasteiger partial charge in [-0.3, -0.25) is 4.79 Å². The molecule has 1 rings (SSSR count). The van der Waals surface area contributed by atoms with Gasteiger partial charge in [0.1, 0.15) is 0 Å². The molecule has 0 atom stereocenters. The zero-order valence-electron chi connectivity index (χ0n) is 12.6. The Bertz CT molecular complexity index is 225. The second kappa shape index (κ2) is 11.3. The highest BCUT2D eigenvalue weighted by Crippen LogP contribution is 2.28.